The van der Waals surface area contributed by atoms with Crippen molar-refractivity contribution in [1.82, 2.24) is 9.47 Å². The first-order chi connectivity index (χ1) is 12.1. The van der Waals surface area contributed by atoms with Crippen LogP contribution in [0.2, 0.25) is 0 Å². The second-order valence-corrected chi connectivity index (χ2v) is 6.37. The predicted molar refractivity (Wildman–Crippen MR) is 94.3 cm³/mol. The summed E-state index contributed by atoms with van der Waals surface area (Å²) in [6, 6.07) is 14.1. The number of carbonyl (C=O) groups is 1. The molecule has 1 atom stereocenters. The highest BCUT2D eigenvalue weighted by atomic mass is 19.1. The number of aryl methyl sites for hydroxylation is 1. The first-order valence-corrected chi connectivity index (χ1v) is 8.28. The number of carbonyl (C=O) groups excluding carboxylic acids is 1. The first-order valence-electron chi connectivity index (χ1n) is 8.28. The molecule has 1 aromatic heterocycles. The average molecular weight is 338 g/mol. The zero-order chi connectivity index (χ0) is 17.6. The molecule has 1 fully saturated rings. The highest BCUT2D eigenvalue weighted by Gasteiger charge is 2.35. The predicted octanol–water partition coefficient (Wildman–Crippen LogP) is 3.91. The van der Waals surface area contributed by atoms with Crippen molar-refractivity contribution >= 4 is 16.8 Å². The van der Waals surface area contributed by atoms with E-state index in [-0.39, 0.29) is 17.8 Å². The van der Waals surface area contributed by atoms with Crippen LogP contribution in [-0.2, 0) is 7.05 Å². The minimum atomic E-state index is -0.261. The lowest BCUT2D eigenvalue weighted by atomic mass is 9.94. The van der Waals surface area contributed by atoms with Gasteiger partial charge in [0.15, 0.2) is 0 Å². The number of benzene rings is 2. The van der Waals surface area contributed by atoms with Gasteiger partial charge < -0.3 is 14.2 Å². The lowest BCUT2D eigenvalue weighted by Crippen LogP contribution is -2.45. The molecule has 3 aromatic rings. The van der Waals surface area contributed by atoms with Gasteiger partial charge in [0.2, 0.25) is 0 Å². The molecule has 0 bridgehead atoms. The number of fused-ring (bicyclic) bond motifs is 1. The van der Waals surface area contributed by atoms with Gasteiger partial charge in [-0.1, -0.05) is 12.1 Å². The number of methoxy groups -OCH3 is 1. The van der Waals surface area contributed by atoms with Crippen LogP contribution in [-0.4, -0.2) is 29.0 Å². The van der Waals surface area contributed by atoms with Crippen LogP contribution >= 0.6 is 0 Å². The van der Waals surface area contributed by atoms with E-state index in [0.717, 1.165) is 28.6 Å². The van der Waals surface area contributed by atoms with E-state index in [2.05, 4.69) is 0 Å². The molecule has 4 rings (SSSR count). The van der Waals surface area contributed by atoms with Gasteiger partial charge in [-0.05, 0) is 48.4 Å². The lowest BCUT2D eigenvalue weighted by Gasteiger charge is -2.41. The summed E-state index contributed by atoms with van der Waals surface area (Å²) in [6.07, 6.45) is 0.898. The van der Waals surface area contributed by atoms with Crippen molar-refractivity contribution in [3.63, 3.8) is 0 Å². The number of ether oxygens (including phenoxy) is 1. The van der Waals surface area contributed by atoms with Crippen LogP contribution in [0.15, 0.2) is 48.5 Å². The number of halogens is 1. The van der Waals surface area contributed by atoms with Gasteiger partial charge in [-0.3, -0.25) is 4.79 Å². The summed E-state index contributed by atoms with van der Waals surface area (Å²) in [7, 11) is 3.53. The molecule has 4 nitrogen and oxygen atoms in total. The van der Waals surface area contributed by atoms with Gasteiger partial charge in [0.05, 0.1) is 13.2 Å². The number of aromatic nitrogens is 1. The van der Waals surface area contributed by atoms with Crippen LogP contribution in [0.3, 0.4) is 0 Å². The van der Waals surface area contributed by atoms with Gasteiger partial charge in [-0.25, -0.2) is 4.39 Å². The van der Waals surface area contributed by atoms with Gasteiger partial charge in [0.25, 0.3) is 5.91 Å². The summed E-state index contributed by atoms with van der Waals surface area (Å²) in [5.74, 6) is 0.507. The molecule has 128 valence electrons. The Hall–Kier alpha value is -2.82. The molecule has 1 saturated heterocycles. The molecule has 1 aliphatic rings. The second-order valence-electron chi connectivity index (χ2n) is 6.37. The second kappa shape index (κ2) is 5.92. The van der Waals surface area contributed by atoms with Gasteiger partial charge in [-0.2, -0.15) is 0 Å². The Bertz CT molecular complexity index is 946. The molecular formula is C20H19FN2O2. The molecule has 0 unspecified atom stereocenters. The van der Waals surface area contributed by atoms with E-state index in [1.54, 1.807) is 19.2 Å². The van der Waals surface area contributed by atoms with E-state index < -0.39 is 0 Å². The quantitative estimate of drug-likeness (QED) is 0.725. The molecule has 0 saturated carbocycles. The zero-order valence-electron chi connectivity index (χ0n) is 14.2. The summed E-state index contributed by atoms with van der Waals surface area (Å²) in [5, 5.41) is 0.976. The maximum absolute atomic E-state index is 13.1. The van der Waals surface area contributed by atoms with E-state index in [4.69, 9.17) is 4.74 Å². The topological polar surface area (TPSA) is 34.5 Å². The van der Waals surface area contributed by atoms with Crippen LogP contribution < -0.4 is 4.74 Å². The third-order valence-electron chi connectivity index (χ3n) is 5.00. The molecule has 2 heterocycles. The molecular weight excluding hydrogens is 319 g/mol. The molecule has 5 heteroatoms. The Morgan fingerprint density at radius 3 is 2.56 bits per heavy atom. The molecule has 1 aliphatic heterocycles. The van der Waals surface area contributed by atoms with Crippen LogP contribution in [0.5, 0.6) is 5.75 Å². The first kappa shape index (κ1) is 15.7. The third kappa shape index (κ3) is 2.56. The number of hydrogen-bond acceptors (Lipinski definition) is 2. The standard InChI is InChI=1S/C20H19FN2O2/c1-22-17-8-7-16(25-2)11-14(17)12-19(22)20(24)23-10-9-18(23)13-3-5-15(21)6-4-13/h3-8,11-12,18H,9-10H2,1-2H3/t18-/m0/s1. The molecule has 0 N–H and O–H groups in total. The maximum Gasteiger partial charge on any atom is 0.271 e. The average Bonchev–Trinajstić information content (AvgIpc) is 2.92. The van der Waals surface area contributed by atoms with E-state index in [1.807, 2.05) is 40.8 Å². The fraction of sp³-hybridized carbons (Fsp3) is 0.250. The zero-order valence-corrected chi connectivity index (χ0v) is 14.2. The number of hydrogen-bond donors (Lipinski definition) is 0. The Balaban J connectivity index is 1.65. The van der Waals surface area contributed by atoms with E-state index >= 15 is 0 Å². The Labute approximate surface area is 145 Å². The highest BCUT2D eigenvalue weighted by Crippen LogP contribution is 2.35. The summed E-state index contributed by atoms with van der Waals surface area (Å²) >= 11 is 0. The molecule has 1 amide bonds. The molecule has 0 spiro atoms. The molecule has 25 heavy (non-hydrogen) atoms. The molecule has 0 aliphatic carbocycles. The Morgan fingerprint density at radius 1 is 1.16 bits per heavy atom. The number of amides is 1. The minimum Gasteiger partial charge on any atom is -0.497 e. The van der Waals surface area contributed by atoms with Crippen molar-refractivity contribution in [2.45, 2.75) is 12.5 Å². The Kier molecular flexibility index (Phi) is 3.71. The summed E-state index contributed by atoms with van der Waals surface area (Å²) in [4.78, 5) is 14.9. The van der Waals surface area contributed by atoms with E-state index in [9.17, 15) is 9.18 Å². The Morgan fingerprint density at radius 2 is 1.92 bits per heavy atom. The van der Waals surface area contributed by atoms with E-state index in [0.29, 0.717) is 12.2 Å². The van der Waals surface area contributed by atoms with Crippen LogP contribution in [0.1, 0.15) is 28.5 Å². The van der Waals surface area contributed by atoms with Crippen LogP contribution in [0.25, 0.3) is 10.9 Å². The van der Waals surface area contributed by atoms with Crippen molar-refractivity contribution in [1.29, 1.82) is 0 Å². The SMILES string of the molecule is COc1ccc2c(c1)cc(C(=O)N1CC[C@H]1c1ccc(F)cc1)n2C. The number of rotatable bonds is 3. The minimum absolute atomic E-state index is 0.00163. The van der Waals surface area contributed by atoms with Gasteiger partial charge in [-0.15, -0.1) is 0 Å². The smallest absolute Gasteiger partial charge is 0.271 e. The fourth-order valence-corrected chi connectivity index (χ4v) is 3.47. The fourth-order valence-electron chi connectivity index (χ4n) is 3.47. The van der Waals surface area contributed by atoms with Crippen molar-refractivity contribution in [2.75, 3.05) is 13.7 Å². The normalized spacial score (nSPS) is 16.8. The van der Waals surface area contributed by atoms with Gasteiger partial charge in [0, 0.05) is 24.5 Å². The van der Waals surface area contributed by atoms with Crippen LogP contribution in [0, 0.1) is 5.82 Å². The van der Waals surface area contributed by atoms with Crippen molar-refractivity contribution in [3.05, 3.63) is 65.6 Å². The largest absolute Gasteiger partial charge is 0.497 e. The van der Waals surface area contributed by atoms with Crippen molar-refractivity contribution in [3.8, 4) is 5.75 Å². The summed E-state index contributed by atoms with van der Waals surface area (Å²) in [6.45, 7) is 0.714. The molecule has 0 radical (unpaired) electrons. The van der Waals surface area contributed by atoms with Gasteiger partial charge >= 0.3 is 0 Å². The lowest BCUT2D eigenvalue weighted by molar-refractivity contribution is 0.0451. The van der Waals surface area contributed by atoms with Crippen molar-refractivity contribution in [2.24, 2.45) is 7.05 Å². The van der Waals surface area contributed by atoms with Crippen molar-refractivity contribution < 1.29 is 13.9 Å². The highest BCUT2D eigenvalue weighted by molar-refractivity contribution is 5.99. The summed E-state index contributed by atoms with van der Waals surface area (Å²) < 4.78 is 20.3. The number of nitrogens with zero attached hydrogens (tertiary/aromatic N) is 2. The number of likely N-dealkylation sites (tertiary alicyclic amines) is 1. The van der Waals surface area contributed by atoms with Gasteiger partial charge in [0.1, 0.15) is 17.3 Å². The van der Waals surface area contributed by atoms with Crippen LogP contribution in [0.4, 0.5) is 4.39 Å². The monoisotopic (exact) mass is 338 g/mol. The molecule has 2 aromatic carbocycles. The maximum atomic E-state index is 13.1. The summed E-state index contributed by atoms with van der Waals surface area (Å²) in [5.41, 5.74) is 2.61. The van der Waals surface area contributed by atoms with E-state index in [1.165, 1.54) is 12.1 Å². The third-order valence-corrected chi connectivity index (χ3v) is 5.00.